The molecule has 0 bridgehead atoms. The van der Waals surface area contributed by atoms with Crippen molar-refractivity contribution in [1.29, 1.82) is 0 Å². The number of pyridine rings is 2. The van der Waals surface area contributed by atoms with Crippen LogP contribution in [0.15, 0.2) is 67.1 Å². The van der Waals surface area contributed by atoms with Gasteiger partial charge in [0.05, 0.1) is 12.4 Å². The van der Waals surface area contributed by atoms with Crippen LogP contribution in [-0.4, -0.2) is 28.2 Å². The van der Waals surface area contributed by atoms with E-state index in [1.165, 1.54) is 0 Å². The fourth-order valence-electron chi connectivity index (χ4n) is 2.58. The first kappa shape index (κ1) is 21.6. The normalized spacial score (nSPS) is 10.4. The number of benzene rings is 1. The number of nitrogens with one attached hydrogen (secondary N) is 1. The SMILES string of the molecule is CCCOc1ccc(Oc2ncccc2CNC(=O)CSCc2cccnc2)cc1. The first-order valence-corrected chi connectivity index (χ1v) is 11.0. The Kier molecular flexibility index (Phi) is 8.53. The van der Waals surface area contributed by atoms with E-state index in [1.807, 2.05) is 54.7 Å². The van der Waals surface area contributed by atoms with Crippen molar-refractivity contribution in [1.82, 2.24) is 15.3 Å². The lowest BCUT2D eigenvalue weighted by Gasteiger charge is -2.11. The van der Waals surface area contributed by atoms with Crippen molar-refractivity contribution in [2.75, 3.05) is 12.4 Å². The largest absolute Gasteiger partial charge is 0.494 e. The number of carbonyl (C=O) groups is 1. The Bertz CT molecular complexity index is 920. The van der Waals surface area contributed by atoms with Crippen LogP contribution in [-0.2, 0) is 17.1 Å². The molecule has 3 aromatic rings. The van der Waals surface area contributed by atoms with Crippen LogP contribution in [0.2, 0.25) is 0 Å². The van der Waals surface area contributed by atoms with Crippen molar-refractivity contribution in [3.63, 3.8) is 0 Å². The lowest BCUT2D eigenvalue weighted by molar-refractivity contribution is -0.118. The van der Waals surface area contributed by atoms with E-state index in [0.29, 0.717) is 30.5 Å². The number of carbonyl (C=O) groups excluding carboxylic acids is 1. The Labute approximate surface area is 181 Å². The highest BCUT2D eigenvalue weighted by Gasteiger charge is 2.09. The van der Waals surface area contributed by atoms with E-state index in [9.17, 15) is 4.79 Å². The molecule has 1 N–H and O–H groups in total. The lowest BCUT2D eigenvalue weighted by atomic mass is 10.2. The number of rotatable bonds is 11. The van der Waals surface area contributed by atoms with E-state index >= 15 is 0 Å². The van der Waals surface area contributed by atoms with E-state index in [4.69, 9.17) is 9.47 Å². The standard InChI is InChI=1S/C23H25N3O3S/c1-2-13-28-20-7-9-21(10-8-20)29-23-19(6-4-12-25-23)15-26-22(27)17-30-16-18-5-3-11-24-14-18/h3-12,14H,2,13,15-17H2,1H3,(H,26,27). The molecule has 0 radical (unpaired) electrons. The average molecular weight is 424 g/mol. The first-order chi connectivity index (χ1) is 14.7. The third-order valence-electron chi connectivity index (χ3n) is 4.06. The second-order valence-corrected chi connectivity index (χ2v) is 7.51. The third kappa shape index (κ3) is 7.08. The maximum absolute atomic E-state index is 12.2. The summed E-state index contributed by atoms with van der Waals surface area (Å²) in [6.45, 7) is 3.11. The molecule has 0 unspecified atom stereocenters. The molecule has 2 heterocycles. The van der Waals surface area contributed by atoms with Gasteiger partial charge in [-0.1, -0.05) is 19.1 Å². The summed E-state index contributed by atoms with van der Waals surface area (Å²) in [4.78, 5) is 20.6. The molecule has 7 heteroatoms. The number of ether oxygens (including phenoxy) is 2. The molecule has 0 spiro atoms. The van der Waals surface area contributed by atoms with Gasteiger partial charge >= 0.3 is 0 Å². The van der Waals surface area contributed by atoms with E-state index in [1.54, 1.807) is 24.2 Å². The van der Waals surface area contributed by atoms with Gasteiger partial charge in [-0.25, -0.2) is 4.98 Å². The second-order valence-electron chi connectivity index (χ2n) is 6.52. The third-order valence-corrected chi connectivity index (χ3v) is 5.07. The molecule has 0 aliphatic carbocycles. The van der Waals surface area contributed by atoms with Crippen molar-refractivity contribution in [3.05, 3.63) is 78.2 Å². The number of nitrogens with zero attached hydrogens (tertiary/aromatic N) is 2. The molecule has 0 aliphatic rings. The lowest BCUT2D eigenvalue weighted by Crippen LogP contribution is -2.25. The van der Waals surface area contributed by atoms with Gasteiger partial charge in [0.2, 0.25) is 11.8 Å². The summed E-state index contributed by atoms with van der Waals surface area (Å²) >= 11 is 1.55. The van der Waals surface area contributed by atoms with Crippen molar-refractivity contribution in [2.24, 2.45) is 0 Å². The molecule has 6 nitrogen and oxygen atoms in total. The molecule has 3 rings (SSSR count). The van der Waals surface area contributed by atoms with E-state index in [-0.39, 0.29) is 5.91 Å². The summed E-state index contributed by atoms with van der Waals surface area (Å²) in [6.07, 6.45) is 6.18. The highest BCUT2D eigenvalue weighted by atomic mass is 32.2. The summed E-state index contributed by atoms with van der Waals surface area (Å²) in [5.74, 6) is 3.04. The number of thioether (sulfide) groups is 1. The number of amides is 1. The van der Waals surface area contributed by atoms with Crippen molar-refractivity contribution >= 4 is 17.7 Å². The molecule has 0 saturated carbocycles. The minimum atomic E-state index is -0.0314. The topological polar surface area (TPSA) is 73.3 Å². The zero-order valence-corrected chi connectivity index (χ0v) is 17.7. The smallest absolute Gasteiger partial charge is 0.230 e. The maximum atomic E-state index is 12.2. The summed E-state index contributed by atoms with van der Waals surface area (Å²) in [5.41, 5.74) is 1.92. The molecular formula is C23H25N3O3S. The fourth-order valence-corrected chi connectivity index (χ4v) is 3.37. The number of hydrogen-bond donors (Lipinski definition) is 1. The highest BCUT2D eigenvalue weighted by molar-refractivity contribution is 7.99. The molecule has 156 valence electrons. The van der Waals surface area contributed by atoms with Gasteiger partial charge in [-0.3, -0.25) is 9.78 Å². The summed E-state index contributed by atoms with van der Waals surface area (Å²) in [5, 5.41) is 2.93. The maximum Gasteiger partial charge on any atom is 0.230 e. The van der Waals surface area contributed by atoms with Crippen LogP contribution in [0.3, 0.4) is 0 Å². The number of aromatic nitrogens is 2. The Morgan fingerprint density at radius 1 is 1.07 bits per heavy atom. The predicted molar refractivity (Wildman–Crippen MR) is 119 cm³/mol. The summed E-state index contributed by atoms with van der Waals surface area (Å²) in [7, 11) is 0. The van der Waals surface area contributed by atoms with Crippen LogP contribution in [0.5, 0.6) is 17.4 Å². The first-order valence-electron chi connectivity index (χ1n) is 9.82. The minimum Gasteiger partial charge on any atom is -0.494 e. The van der Waals surface area contributed by atoms with E-state index in [2.05, 4.69) is 22.2 Å². The molecule has 0 fully saturated rings. The van der Waals surface area contributed by atoms with Crippen LogP contribution in [0.25, 0.3) is 0 Å². The monoisotopic (exact) mass is 423 g/mol. The van der Waals surface area contributed by atoms with Crippen LogP contribution in [0.1, 0.15) is 24.5 Å². The Hall–Kier alpha value is -3.06. The van der Waals surface area contributed by atoms with Gasteiger partial charge in [-0.2, -0.15) is 0 Å². The minimum absolute atomic E-state index is 0.0314. The van der Waals surface area contributed by atoms with Gasteiger partial charge in [0.15, 0.2) is 0 Å². The fraction of sp³-hybridized carbons (Fsp3) is 0.261. The second kappa shape index (κ2) is 11.8. The van der Waals surface area contributed by atoms with Crippen LogP contribution < -0.4 is 14.8 Å². The average Bonchev–Trinajstić information content (AvgIpc) is 2.79. The zero-order chi connectivity index (χ0) is 21.0. The Morgan fingerprint density at radius 3 is 2.63 bits per heavy atom. The molecular weight excluding hydrogens is 398 g/mol. The highest BCUT2D eigenvalue weighted by Crippen LogP contribution is 2.25. The molecule has 1 aromatic carbocycles. The Balaban J connectivity index is 1.49. The molecule has 0 atom stereocenters. The van der Waals surface area contributed by atoms with Crippen LogP contribution in [0, 0.1) is 0 Å². The quantitative estimate of drug-likeness (QED) is 0.486. The Morgan fingerprint density at radius 2 is 1.87 bits per heavy atom. The molecule has 30 heavy (non-hydrogen) atoms. The van der Waals surface area contributed by atoms with Gasteiger partial charge in [0.1, 0.15) is 11.5 Å². The van der Waals surface area contributed by atoms with Gasteiger partial charge in [0.25, 0.3) is 0 Å². The van der Waals surface area contributed by atoms with Crippen molar-refractivity contribution in [3.8, 4) is 17.4 Å². The predicted octanol–water partition coefficient (Wildman–Crippen LogP) is 4.61. The van der Waals surface area contributed by atoms with Gasteiger partial charge in [0, 0.05) is 36.5 Å². The van der Waals surface area contributed by atoms with Crippen LogP contribution in [0.4, 0.5) is 0 Å². The summed E-state index contributed by atoms with van der Waals surface area (Å²) < 4.78 is 11.5. The van der Waals surface area contributed by atoms with Gasteiger partial charge in [-0.05, 0) is 48.4 Å². The van der Waals surface area contributed by atoms with Crippen molar-refractivity contribution < 1.29 is 14.3 Å². The molecule has 0 saturated heterocycles. The van der Waals surface area contributed by atoms with Gasteiger partial charge in [-0.15, -0.1) is 11.8 Å². The van der Waals surface area contributed by atoms with Crippen molar-refractivity contribution in [2.45, 2.75) is 25.6 Å². The summed E-state index contributed by atoms with van der Waals surface area (Å²) in [6, 6.07) is 15.0. The number of hydrogen-bond acceptors (Lipinski definition) is 6. The zero-order valence-electron chi connectivity index (χ0n) is 16.9. The molecule has 2 aromatic heterocycles. The van der Waals surface area contributed by atoms with E-state index < -0.39 is 0 Å². The van der Waals surface area contributed by atoms with Crippen LogP contribution >= 0.6 is 11.8 Å². The molecule has 0 aliphatic heterocycles. The van der Waals surface area contributed by atoms with Gasteiger partial charge < -0.3 is 14.8 Å². The van der Waals surface area contributed by atoms with E-state index in [0.717, 1.165) is 29.1 Å². The molecule has 1 amide bonds.